The fourth-order valence-electron chi connectivity index (χ4n) is 2.09. The van der Waals surface area contributed by atoms with E-state index in [1.54, 1.807) is 12.1 Å². The zero-order chi connectivity index (χ0) is 12.7. The Kier molecular flexibility index (Phi) is 2.96. The lowest BCUT2D eigenvalue weighted by Gasteiger charge is -2.33. The minimum Gasteiger partial charge on any atom is -0.383 e. The zero-order valence-electron chi connectivity index (χ0n) is 9.79. The van der Waals surface area contributed by atoms with Crippen LogP contribution in [0.15, 0.2) is 24.3 Å². The number of aliphatic hydroxyl groups is 1. The molecule has 0 aromatic heterocycles. The Bertz CT molecular complexity index is 414. The standard InChI is InChI=1S/C13H17F2NO/c1-12(17,10-5-6-10)13(14,15)11-4-2-3-9(7-11)8-16/h2-4,7,10,17H,5-6,8,16H2,1H3. The summed E-state index contributed by atoms with van der Waals surface area (Å²) in [5.74, 6) is -3.54. The molecule has 1 aromatic rings. The third kappa shape index (κ3) is 2.07. The van der Waals surface area contributed by atoms with E-state index >= 15 is 0 Å². The third-order valence-corrected chi connectivity index (χ3v) is 3.53. The minimum absolute atomic E-state index is 0.155. The quantitative estimate of drug-likeness (QED) is 0.850. The van der Waals surface area contributed by atoms with Crippen molar-refractivity contribution in [2.45, 2.75) is 37.8 Å². The second kappa shape index (κ2) is 4.03. The van der Waals surface area contributed by atoms with Gasteiger partial charge in [-0.15, -0.1) is 0 Å². The largest absolute Gasteiger partial charge is 0.383 e. The fourth-order valence-corrected chi connectivity index (χ4v) is 2.09. The summed E-state index contributed by atoms with van der Waals surface area (Å²) in [6, 6.07) is 5.96. The van der Waals surface area contributed by atoms with Crippen LogP contribution in [0.5, 0.6) is 0 Å². The van der Waals surface area contributed by atoms with Gasteiger partial charge in [-0.05, 0) is 37.3 Å². The molecule has 0 radical (unpaired) electrons. The zero-order valence-corrected chi connectivity index (χ0v) is 9.79. The number of benzene rings is 1. The van der Waals surface area contributed by atoms with E-state index in [0.29, 0.717) is 18.4 Å². The summed E-state index contributed by atoms with van der Waals surface area (Å²) in [6.07, 6.45) is 1.33. The summed E-state index contributed by atoms with van der Waals surface area (Å²) in [5, 5.41) is 10.0. The predicted molar refractivity (Wildman–Crippen MR) is 61.6 cm³/mol. The number of nitrogens with two attached hydrogens (primary N) is 1. The van der Waals surface area contributed by atoms with Gasteiger partial charge >= 0.3 is 5.92 Å². The molecule has 0 bridgehead atoms. The molecule has 2 rings (SSSR count). The molecule has 1 aromatic carbocycles. The average Bonchev–Trinajstić information content (AvgIpc) is 3.13. The first-order valence-electron chi connectivity index (χ1n) is 5.79. The van der Waals surface area contributed by atoms with Gasteiger partial charge in [-0.1, -0.05) is 18.2 Å². The Morgan fingerprint density at radius 3 is 2.59 bits per heavy atom. The van der Waals surface area contributed by atoms with Crippen molar-refractivity contribution < 1.29 is 13.9 Å². The van der Waals surface area contributed by atoms with E-state index in [4.69, 9.17) is 5.73 Å². The van der Waals surface area contributed by atoms with E-state index < -0.39 is 11.5 Å². The summed E-state index contributed by atoms with van der Waals surface area (Å²) in [4.78, 5) is 0. The molecular formula is C13H17F2NO. The number of alkyl halides is 2. The van der Waals surface area contributed by atoms with Crippen molar-refractivity contribution in [1.82, 2.24) is 0 Å². The first-order chi connectivity index (χ1) is 7.89. The van der Waals surface area contributed by atoms with Crippen molar-refractivity contribution in [2.75, 3.05) is 0 Å². The summed E-state index contributed by atoms with van der Waals surface area (Å²) in [7, 11) is 0. The molecule has 1 unspecified atom stereocenters. The van der Waals surface area contributed by atoms with Gasteiger partial charge in [0.25, 0.3) is 0 Å². The lowest BCUT2D eigenvalue weighted by Crippen LogP contribution is -2.45. The van der Waals surface area contributed by atoms with Crippen LogP contribution in [0, 0.1) is 5.92 Å². The van der Waals surface area contributed by atoms with Gasteiger partial charge in [0, 0.05) is 12.1 Å². The predicted octanol–water partition coefficient (Wildman–Crippen LogP) is 2.40. The Morgan fingerprint density at radius 1 is 1.41 bits per heavy atom. The molecule has 17 heavy (non-hydrogen) atoms. The second-order valence-corrected chi connectivity index (χ2v) is 4.90. The van der Waals surface area contributed by atoms with Gasteiger partial charge in [0.1, 0.15) is 5.60 Å². The van der Waals surface area contributed by atoms with Crippen LogP contribution >= 0.6 is 0 Å². The molecular weight excluding hydrogens is 224 g/mol. The molecule has 1 atom stereocenters. The van der Waals surface area contributed by atoms with Crippen molar-refractivity contribution >= 4 is 0 Å². The maximum atomic E-state index is 14.3. The average molecular weight is 241 g/mol. The lowest BCUT2D eigenvalue weighted by atomic mass is 9.87. The van der Waals surface area contributed by atoms with Crippen LogP contribution in [0.3, 0.4) is 0 Å². The highest BCUT2D eigenvalue weighted by atomic mass is 19.3. The third-order valence-electron chi connectivity index (χ3n) is 3.53. The van der Waals surface area contributed by atoms with Crippen LogP contribution in [-0.2, 0) is 12.5 Å². The minimum atomic E-state index is -3.24. The van der Waals surface area contributed by atoms with Crippen LogP contribution in [0.4, 0.5) is 8.78 Å². The first-order valence-corrected chi connectivity index (χ1v) is 5.79. The normalized spacial score (nSPS) is 20.1. The molecule has 94 valence electrons. The molecule has 0 amide bonds. The van der Waals surface area contributed by atoms with E-state index in [0.717, 1.165) is 0 Å². The van der Waals surface area contributed by atoms with Crippen LogP contribution < -0.4 is 5.73 Å². The highest BCUT2D eigenvalue weighted by molar-refractivity contribution is 5.29. The Labute approximate surface area is 99.4 Å². The molecule has 0 aliphatic heterocycles. The molecule has 1 saturated carbocycles. The van der Waals surface area contributed by atoms with Gasteiger partial charge in [0.2, 0.25) is 0 Å². The molecule has 4 heteroatoms. The van der Waals surface area contributed by atoms with Crippen LogP contribution in [-0.4, -0.2) is 10.7 Å². The van der Waals surface area contributed by atoms with E-state index in [1.807, 2.05) is 0 Å². The van der Waals surface area contributed by atoms with E-state index in [1.165, 1.54) is 19.1 Å². The smallest absolute Gasteiger partial charge is 0.301 e. The lowest BCUT2D eigenvalue weighted by molar-refractivity contribution is -0.189. The van der Waals surface area contributed by atoms with Crippen LogP contribution in [0.1, 0.15) is 30.9 Å². The van der Waals surface area contributed by atoms with Crippen LogP contribution in [0.2, 0.25) is 0 Å². The maximum absolute atomic E-state index is 14.3. The van der Waals surface area contributed by atoms with Crippen molar-refractivity contribution in [3.05, 3.63) is 35.4 Å². The van der Waals surface area contributed by atoms with Crippen molar-refractivity contribution in [3.63, 3.8) is 0 Å². The number of rotatable bonds is 4. The molecule has 1 aliphatic carbocycles. The number of hydrogen-bond acceptors (Lipinski definition) is 2. The van der Waals surface area contributed by atoms with Gasteiger partial charge in [-0.25, -0.2) is 0 Å². The summed E-state index contributed by atoms with van der Waals surface area (Å²) < 4.78 is 28.5. The molecule has 1 aliphatic rings. The summed E-state index contributed by atoms with van der Waals surface area (Å²) in [5.41, 5.74) is 3.96. The molecule has 1 fully saturated rings. The molecule has 3 N–H and O–H groups in total. The summed E-state index contributed by atoms with van der Waals surface area (Å²) in [6.45, 7) is 1.44. The van der Waals surface area contributed by atoms with Gasteiger partial charge in [0.15, 0.2) is 0 Å². The van der Waals surface area contributed by atoms with Gasteiger partial charge in [-0.2, -0.15) is 8.78 Å². The van der Waals surface area contributed by atoms with Gasteiger partial charge in [-0.3, -0.25) is 0 Å². The van der Waals surface area contributed by atoms with E-state index in [9.17, 15) is 13.9 Å². The highest BCUT2D eigenvalue weighted by Crippen LogP contribution is 2.51. The number of hydrogen-bond donors (Lipinski definition) is 2. The Morgan fingerprint density at radius 2 is 2.06 bits per heavy atom. The fraction of sp³-hybridized carbons (Fsp3) is 0.538. The Balaban J connectivity index is 2.35. The first kappa shape index (κ1) is 12.5. The Hall–Kier alpha value is -1.00. The van der Waals surface area contributed by atoms with E-state index in [-0.39, 0.29) is 18.0 Å². The monoisotopic (exact) mass is 241 g/mol. The second-order valence-electron chi connectivity index (χ2n) is 4.90. The number of halogens is 2. The van der Waals surface area contributed by atoms with Crippen molar-refractivity contribution in [1.29, 1.82) is 0 Å². The highest BCUT2D eigenvalue weighted by Gasteiger charge is 2.58. The topological polar surface area (TPSA) is 46.2 Å². The van der Waals surface area contributed by atoms with Crippen LogP contribution in [0.25, 0.3) is 0 Å². The molecule has 0 heterocycles. The summed E-state index contributed by atoms with van der Waals surface area (Å²) >= 11 is 0. The SMILES string of the molecule is CC(O)(C1CC1)C(F)(F)c1cccc(CN)c1. The van der Waals surface area contributed by atoms with Crippen molar-refractivity contribution in [3.8, 4) is 0 Å². The molecule has 0 spiro atoms. The van der Waals surface area contributed by atoms with E-state index in [2.05, 4.69) is 0 Å². The van der Waals surface area contributed by atoms with Gasteiger partial charge < -0.3 is 10.8 Å². The molecule has 2 nitrogen and oxygen atoms in total. The van der Waals surface area contributed by atoms with Crippen molar-refractivity contribution in [2.24, 2.45) is 11.7 Å². The maximum Gasteiger partial charge on any atom is 0.301 e. The van der Waals surface area contributed by atoms with Gasteiger partial charge in [0.05, 0.1) is 0 Å². The molecule has 0 saturated heterocycles.